The second-order valence-electron chi connectivity index (χ2n) is 1.66. The average molecular weight is 182 g/mol. The van der Waals surface area contributed by atoms with Crippen LogP contribution in [-0.4, -0.2) is 17.4 Å². The molecule has 0 saturated heterocycles. The van der Waals surface area contributed by atoms with E-state index in [1.165, 1.54) is 0 Å². The number of hydrogen-bond acceptors (Lipinski definition) is 5. The second kappa shape index (κ2) is 6.18. The highest BCUT2D eigenvalue weighted by molar-refractivity contribution is 7.31. The average Bonchev–Trinajstić information content (AvgIpc) is 1.97. The first-order chi connectivity index (χ1) is 5.16. The summed E-state index contributed by atoms with van der Waals surface area (Å²) in [4.78, 5) is 22.4. The minimum absolute atomic E-state index is 0.0830. The van der Waals surface area contributed by atoms with E-state index in [1.807, 2.05) is 0 Å². The topological polar surface area (TPSA) is 98.9 Å². The SMILES string of the molecule is NCCCC(=O)OO[P+](=O)O. The molecule has 0 aromatic heterocycles. The molecule has 0 aromatic carbocycles. The standard InChI is InChI=1S/C4H8NO5P/c5-3-1-2-4(6)9-10-11(7)8/h1-3,5H2/p+1. The third-order valence-electron chi connectivity index (χ3n) is 0.779. The van der Waals surface area contributed by atoms with E-state index < -0.39 is 14.2 Å². The van der Waals surface area contributed by atoms with Crippen LogP contribution < -0.4 is 5.73 Å². The van der Waals surface area contributed by atoms with E-state index in [0.717, 1.165) is 0 Å². The van der Waals surface area contributed by atoms with Gasteiger partial charge in [0.15, 0.2) is 0 Å². The van der Waals surface area contributed by atoms with Crippen molar-refractivity contribution >= 4 is 14.2 Å². The molecule has 0 aliphatic rings. The highest BCUT2D eigenvalue weighted by atomic mass is 31.1. The summed E-state index contributed by atoms with van der Waals surface area (Å²) in [7, 11) is -2.87. The molecule has 1 unspecified atom stereocenters. The van der Waals surface area contributed by atoms with Crippen molar-refractivity contribution in [2.75, 3.05) is 6.54 Å². The molecule has 0 rings (SSSR count). The van der Waals surface area contributed by atoms with Gasteiger partial charge in [-0.15, -0.1) is 4.89 Å². The molecule has 0 aliphatic heterocycles. The lowest BCUT2D eigenvalue weighted by atomic mass is 10.3. The van der Waals surface area contributed by atoms with Crippen molar-refractivity contribution < 1.29 is 23.8 Å². The van der Waals surface area contributed by atoms with Crippen LogP contribution in [0.5, 0.6) is 0 Å². The first kappa shape index (κ1) is 10.4. The van der Waals surface area contributed by atoms with Crippen LogP contribution in [0.25, 0.3) is 0 Å². The highest BCUT2D eigenvalue weighted by Crippen LogP contribution is 2.14. The molecular weight excluding hydrogens is 173 g/mol. The number of nitrogens with two attached hydrogens (primary N) is 1. The fourth-order valence-corrected chi connectivity index (χ4v) is 0.508. The molecule has 6 nitrogen and oxygen atoms in total. The third kappa shape index (κ3) is 7.35. The molecule has 64 valence electrons. The largest absolute Gasteiger partial charge is 0.736 e. The van der Waals surface area contributed by atoms with Crippen molar-refractivity contribution in [3.8, 4) is 0 Å². The Balaban J connectivity index is 3.30. The predicted molar refractivity (Wildman–Crippen MR) is 35.3 cm³/mol. The first-order valence-corrected chi connectivity index (χ1v) is 4.03. The summed E-state index contributed by atoms with van der Waals surface area (Å²) in [6, 6.07) is 0. The molecule has 0 aliphatic carbocycles. The van der Waals surface area contributed by atoms with E-state index in [4.69, 9.17) is 10.6 Å². The molecular formula is C4H9NO5P+. The van der Waals surface area contributed by atoms with Crippen LogP contribution >= 0.6 is 8.25 Å². The van der Waals surface area contributed by atoms with Gasteiger partial charge in [0.05, 0.1) is 6.42 Å². The summed E-state index contributed by atoms with van der Waals surface area (Å²) in [5.41, 5.74) is 5.08. The zero-order valence-corrected chi connectivity index (χ0v) is 6.62. The van der Waals surface area contributed by atoms with Gasteiger partial charge in [-0.05, 0) is 13.0 Å². The molecule has 7 heteroatoms. The maximum Gasteiger partial charge on any atom is 0.736 e. The normalized spacial score (nSPS) is 10.9. The zero-order chi connectivity index (χ0) is 8.69. The summed E-state index contributed by atoms with van der Waals surface area (Å²) in [6.45, 7) is 0.361. The van der Waals surface area contributed by atoms with Crippen molar-refractivity contribution in [2.24, 2.45) is 5.73 Å². The summed E-state index contributed by atoms with van der Waals surface area (Å²) >= 11 is 0. The van der Waals surface area contributed by atoms with Gasteiger partial charge in [-0.25, -0.2) is 4.79 Å². The molecule has 3 N–H and O–H groups in total. The molecule has 0 fully saturated rings. The van der Waals surface area contributed by atoms with E-state index in [9.17, 15) is 9.36 Å². The maximum absolute atomic E-state index is 10.5. The lowest BCUT2D eigenvalue weighted by molar-refractivity contribution is -0.214. The highest BCUT2D eigenvalue weighted by Gasteiger charge is 2.17. The van der Waals surface area contributed by atoms with E-state index in [-0.39, 0.29) is 6.42 Å². The molecule has 11 heavy (non-hydrogen) atoms. The quantitative estimate of drug-likeness (QED) is 0.348. The molecule has 0 amide bonds. The van der Waals surface area contributed by atoms with Crippen LogP contribution in [0.15, 0.2) is 0 Å². The smallest absolute Gasteiger partial charge is 0.330 e. The van der Waals surface area contributed by atoms with Crippen molar-refractivity contribution in [3.63, 3.8) is 0 Å². The number of carbonyl (C=O) groups excluding carboxylic acids is 1. The van der Waals surface area contributed by atoms with Crippen molar-refractivity contribution in [1.82, 2.24) is 0 Å². The van der Waals surface area contributed by atoms with Gasteiger partial charge in [0, 0.05) is 4.57 Å². The Bertz CT molecular complexity index is 149. The minimum Gasteiger partial charge on any atom is -0.330 e. The molecule has 0 saturated carbocycles. The summed E-state index contributed by atoms with van der Waals surface area (Å²) in [5.74, 6) is -0.701. The fourth-order valence-electron chi connectivity index (χ4n) is 0.362. The van der Waals surface area contributed by atoms with Crippen LogP contribution in [0, 0.1) is 0 Å². The van der Waals surface area contributed by atoms with Crippen molar-refractivity contribution in [2.45, 2.75) is 12.8 Å². The number of carbonyl (C=O) groups is 1. The fraction of sp³-hybridized carbons (Fsp3) is 0.750. The molecule has 1 atom stereocenters. The number of rotatable bonds is 5. The summed E-state index contributed by atoms with van der Waals surface area (Å²) in [5, 5.41) is 0. The summed E-state index contributed by atoms with van der Waals surface area (Å²) in [6.07, 6.45) is 0.546. The van der Waals surface area contributed by atoms with Crippen LogP contribution in [0.3, 0.4) is 0 Å². The van der Waals surface area contributed by atoms with E-state index >= 15 is 0 Å². The lowest BCUT2D eigenvalue weighted by Gasteiger charge is -1.91. The Labute approximate surface area is 64.2 Å². The Kier molecular flexibility index (Phi) is 5.87. The van der Waals surface area contributed by atoms with Gasteiger partial charge in [-0.1, -0.05) is 0 Å². The third-order valence-corrected chi connectivity index (χ3v) is 0.981. The Morgan fingerprint density at radius 3 is 2.73 bits per heavy atom. The Morgan fingerprint density at radius 1 is 1.64 bits per heavy atom. The maximum atomic E-state index is 10.5. The first-order valence-electron chi connectivity index (χ1n) is 2.90. The van der Waals surface area contributed by atoms with Crippen LogP contribution in [0.2, 0.25) is 0 Å². The van der Waals surface area contributed by atoms with Gasteiger partial charge in [0.25, 0.3) is 0 Å². The van der Waals surface area contributed by atoms with Crippen molar-refractivity contribution in [3.05, 3.63) is 0 Å². The van der Waals surface area contributed by atoms with Gasteiger partial charge in [-0.2, -0.15) is 0 Å². The van der Waals surface area contributed by atoms with E-state index in [1.54, 1.807) is 0 Å². The molecule has 0 heterocycles. The molecule has 0 bridgehead atoms. The van der Waals surface area contributed by atoms with Gasteiger partial charge in [0.2, 0.25) is 0 Å². The predicted octanol–water partition coefficient (Wildman–Crippen LogP) is -0.150. The summed E-state index contributed by atoms with van der Waals surface area (Å²) < 4.78 is 13.5. The molecule has 0 radical (unpaired) electrons. The van der Waals surface area contributed by atoms with E-state index in [0.29, 0.717) is 13.0 Å². The van der Waals surface area contributed by atoms with Crippen LogP contribution in [0.4, 0.5) is 0 Å². The monoisotopic (exact) mass is 182 g/mol. The van der Waals surface area contributed by atoms with Gasteiger partial charge in [0.1, 0.15) is 4.67 Å². The second-order valence-corrected chi connectivity index (χ2v) is 2.28. The lowest BCUT2D eigenvalue weighted by Crippen LogP contribution is -2.06. The number of hydrogen-bond donors (Lipinski definition) is 2. The van der Waals surface area contributed by atoms with Crippen molar-refractivity contribution in [1.29, 1.82) is 0 Å². The zero-order valence-electron chi connectivity index (χ0n) is 5.73. The molecule has 0 spiro atoms. The minimum atomic E-state index is -2.87. The van der Waals surface area contributed by atoms with Gasteiger partial charge >= 0.3 is 14.2 Å². The Morgan fingerprint density at radius 2 is 2.27 bits per heavy atom. The van der Waals surface area contributed by atoms with Crippen LogP contribution in [0.1, 0.15) is 12.8 Å². The Hall–Kier alpha value is -0.550. The van der Waals surface area contributed by atoms with Crippen LogP contribution in [-0.2, 0) is 18.9 Å². The molecule has 0 aromatic rings. The van der Waals surface area contributed by atoms with Gasteiger partial charge < -0.3 is 5.73 Å². The van der Waals surface area contributed by atoms with Gasteiger partial charge in [-0.3, -0.25) is 4.89 Å². The van der Waals surface area contributed by atoms with E-state index in [2.05, 4.69) is 9.56 Å².